The standard InChI is InChI=1S/C16H21ClN4O2S/c17-12-2-4-13(5-3-12)19-16(23)21-7-1-6-20(8-9-21)15(22)14-10-24-11-18-14/h2-5,14,18H,1,6-11H2,(H,19,23). The number of thioether (sulfide) groups is 1. The molecule has 6 nitrogen and oxygen atoms in total. The Morgan fingerprint density at radius 3 is 2.54 bits per heavy atom. The van der Waals surface area contributed by atoms with Crippen molar-refractivity contribution in [2.45, 2.75) is 12.5 Å². The van der Waals surface area contributed by atoms with Crippen molar-refractivity contribution < 1.29 is 9.59 Å². The molecule has 0 aromatic heterocycles. The van der Waals surface area contributed by atoms with Crippen LogP contribution in [0.5, 0.6) is 0 Å². The molecule has 2 heterocycles. The van der Waals surface area contributed by atoms with Crippen molar-refractivity contribution >= 4 is 41.0 Å². The van der Waals surface area contributed by atoms with Crippen molar-refractivity contribution in [3.8, 4) is 0 Å². The molecular weight excluding hydrogens is 348 g/mol. The number of hydrogen-bond acceptors (Lipinski definition) is 4. The molecule has 3 rings (SSSR count). The van der Waals surface area contributed by atoms with Crippen molar-refractivity contribution in [1.82, 2.24) is 15.1 Å². The molecule has 2 saturated heterocycles. The van der Waals surface area contributed by atoms with Crippen LogP contribution >= 0.6 is 23.4 Å². The van der Waals surface area contributed by atoms with E-state index in [9.17, 15) is 9.59 Å². The molecule has 0 saturated carbocycles. The van der Waals surface area contributed by atoms with E-state index in [4.69, 9.17) is 11.6 Å². The molecule has 3 amide bonds. The lowest BCUT2D eigenvalue weighted by Gasteiger charge is -2.24. The van der Waals surface area contributed by atoms with Crippen LogP contribution in [-0.4, -0.2) is 65.6 Å². The highest BCUT2D eigenvalue weighted by Gasteiger charge is 2.29. The molecule has 0 aliphatic carbocycles. The molecule has 1 aromatic rings. The van der Waals surface area contributed by atoms with Crippen molar-refractivity contribution in [2.75, 3.05) is 43.1 Å². The van der Waals surface area contributed by atoms with Crippen LogP contribution in [-0.2, 0) is 4.79 Å². The number of carbonyl (C=O) groups excluding carboxylic acids is 2. The molecule has 1 aromatic carbocycles. The largest absolute Gasteiger partial charge is 0.339 e. The highest BCUT2D eigenvalue weighted by molar-refractivity contribution is 7.99. The van der Waals surface area contributed by atoms with E-state index in [1.54, 1.807) is 40.9 Å². The number of nitrogens with zero attached hydrogens (tertiary/aromatic N) is 2. The van der Waals surface area contributed by atoms with Crippen molar-refractivity contribution in [3.63, 3.8) is 0 Å². The molecule has 0 bridgehead atoms. The number of halogens is 1. The number of carbonyl (C=O) groups is 2. The number of benzene rings is 1. The van der Waals surface area contributed by atoms with Crippen LogP contribution < -0.4 is 10.6 Å². The van der Waals surface area contributed by atoms with Crippen LogP contribution in [0.4, 0.5) is 10.5 Å². The summed E-state index contributed by atoms with van der Waals surface area (Å²) in [4.78, 5) is 28.5. The third-order valence-electron chi connectivity index (χ3n) is 4.20. The van der Waals surface area contributed by atoms with E-state index in [-0.39, 0.29) is 18.0 Å². The third-order valence-corrected chi connectivity index (χ3v) is 5.40. The minimum Gasteiger partial charge on any atom is -0.339 e. The summed E-state index contributed by atoms with van der Waals surface area (Å²) in [6.07, 6.45) is 0.791. The molecule has 2 fully saturated rings. The molecule has 0 spiro atoms. The summed E-state index contributed by atoms with van der Waals surface area (Å²) in [5.41, 5.74) is 0.716. The van der Waals surface area contributed by atoms with Gasteiger partial charge in [0, 0.05) is 48.5 Å². The zero-order valence-electron chi connectivity index (χ0n) is 13.3. The Kier molecular flexibility index (Phi) is 5.86. The maximum atomic E-state index is 12.5. The number of urea groups is 1. The summed E-state index contributed by atoms with van der Waals surface area (Å²) < 4.78 is 0. The average Bonchev–Trinajstić information content (AvgIpc) is 3.00. The quantitative estimate of drug-likeness (QED) is 0.838. The lowest BCUT2D eigenvalue weighted by Crippen LogP contribution is -2.46. The zero-order chi connectivity index (χ0) is 16.9. The Labute approximate surface area is 150 Å². The first-order valence-corrected chi connectivity index (χ1v) is 9.58. The van der Waals surface area contributed by atoms with Gasteiger partial charge in [0.2, 0.25) is 5.91 Å². The van der Waals surface area contributed by atoms with Gasteiger partial charge in [0.05, 0.1) is 6.04 Å². The Hall–Kier alpha value is -1.44. The highest BCUT2D eigenvalue weighted by atomic mass is 35.5. The third kappa shape index (κ3) is 4.34. The van der Waals surface area contributed by atoms with Gasteiger partial charge in [-0.25, -0.2) is 4.79 Å². The van der Waals surface area contributed by atoms with E-state index in [1.165, 1.54) is 0 Å². The SMILES string of the molecule is O=C(Nc1ccc(Cl)cc1)N1CCCN(C(=O)C2CSCN2)CC1. The van der Waals surface area contributed by atoms with Gasteiger partial charge >= 0.3 is 6.03 Å². The maximum absolute atomic E-state index is 12.5. The number of anilines is 1. The first-order valence-electron chi connectivity index (χ1n) is 8.05. The van der Waals surface area contributed by atoms with E-state index in [1.807, 2.05) is 4.90 Å². The second-order valence-electron chi connectivity index (χ2n) is 5.87. The van der Waals surface area contributed by atoms with Crippen molar-refractivity contribution in [2.24, 2.45) is 0 Å². The fourth-order valence-corrected chi connectivity index (χ4v) is 3.91. The summed E-state index contributed by atoms with van der Waals surface area (Å²) in [5, 5.41) is 6.72. The predicted octanol–water partition coefficient (Wildman–Crippen LogP) is 2.07. The van der Waals surface area contributed by atoms with Gasteiger partial charge in [0.25, 0.3) is 0 Å². The van der Waals surface area contributed by atoms with Gasteiger partial charge in [0.1, 0.15) is 0 Å². The summed E-state index contributed by atoms with van der Waals surface area (Å²) in [6.45, 7) is 2.48. The lowest BCUT2D eigenvalue weighted by atomic mass is 10.2. The second kappa shape index (κ2) is 8.09. The molecule has 24 heavy (non-hydrogen) atoms. The van der Waals surface area contributed by atoms with Crippen LogP contribution in [0.15, 0.2) is 24.3 Å². The molecule has 0 radical (unpaired) electrons. The molecular formula is C16H21ClN4O2S. The molecule has 2 aliphatic heterocycles. The summed E-state index contributed by atoms with van der Waals surface area (Å²) >= 11 is 7.60. The van der Waals surface area contributed by atoms with E-state index >= 15 is 0 Å². The van der Waals surface area contributed by atoms with Gasteiger partial charge in [-0.2, -0.15) is 0 Å². The topological polar surface area (TPSA) is 64.7 Å². The Morgan fingerprint density at radius 1 is 1.12 bits per heavy atom. The Bertz CT molecular complexity index is 592. The Balaban J connectivity index is 1.53. The molecule has 1 atom stereocenters. The van der Waals surface area contributed by atoms with Gasteiger partial charge in [-0.05, 0) is 30.7 Å². The van der Waals surface area contributed by atoms with Crippen LogP contribution in [0.25, 0.3) is 0 Å². The smallest absolute Gasteiger partial charge is 0.321 e. The summed E-state index contributed by atoms with van der Waals surface area (Å²) in [6, 6.07) is 6.82. The van der Waals surface area contributed by atoms with E-state index in [2.05, 4.69) is 10.6 Å². The first-order chi connectivity index (χ1) is 11.6. The summed E-state index contributed by atoms with van der Waals surface area (Å²) in [5.74, 6) is 1.82. The highest BCUT2D eigenvalue weighted by Crippen LogP contribution is 2.16. The Morgan fingerprint density at radius 2 is 1.83 bits per heavy atom. The van der Waals surface area contributed by atoms with Crippen LogP contribution in [0, 0.1) is 0 Å². The average molecular weight is 369 g/mol. The maximum Gasteiger partial charge on any atom is 0.321 e. The van der Waals surface area contributed by atoms with Crippen molar-refractivity contribution in [1.29, 1.82) is 0 Å². The number of rotatable bonds is 2. The number of amides is 3. The molecule has 130 valence electrons. The van der Waals surface area contributed by atoms with E-state index in [0.717, 1.165) is 18.1 Å². The lowest BCUT2D eigenvalue weighted by molar-refractivity contribution is -0.132. The minimum atomic E-state index is -0.138. The zero-order valence-corrected chi connectivity index (χ0v) is 14.9. The van der Waals surface area contributed by atoms with Gasteiger partial charge < -0.3 is 15.1 Å². The summed E-state index contributed by atoms with van der Waals surface area (Å²) in [7, 11) is 0. The normalized spacial score (nSPS) is 21.5. The predicted molar refractivity (Wildman–Crippen MR) is 97.5 cm³/mol. The number of hydrogen-bond donors (Lipinski definition) is 2. The van der Waals surface area contributed by atoms with Gasteiger partial charge in [0.15, 0.2) is 0 Å². The fourth-order valence-electron chi connectivity index (χ4n) is 2.85. The van der Waals surface area contributed by atoms with Gasteiger partial charge in [-0.3, -0.25) is 10.1 Å². The fraction of sp³-hybridized carbons (Fsp3) is 0.500. The van der Waals surface area contributed by atoms with Crippen molar-refractivity contribution in [3.05, 3.63) is 29.3 Å². The molecule has 1 unspecified atom stereocenters. The number of nitrogens with one attached hydrogen (secondary N) is 2. The van der Waals surface area contributed by atoms with Gasteiger partial charge in [-0.1, -0.05) is 11.6 Å². The molecule has 8 heteroatoms. The monoisotopic (exact) mass is 368 g/mol. The van der Waals surface area contributed by atoms with Crippen LogP contribution in [0.2, 0.25) is 5.02 Å². The first kappa shape index (κ1) is 17.4. The minimum absolute atomic E-state index is 0.0792. The second-order valence-corrected chi connectivity index (χ2v) is 7.34. The van der Waals surface area contributed by atoms with E-state index < -0.39 is 0 Å². The van der Waals surface area contributed by atoms with Crippen LogP contribution in [0.1, 0.15) is 6.42 Å². The molecule has 2 aliphatic rings. The van der Waals surface area contributed by atoms with Gasteiger partial charge in [-0.15, -0.1) is 11.8 Å². The molecule has 2 N–H and O–H groups in total. The van der Waals surface area contributed by atoms with E-state index in [0.29, 0.717) is 36.9 Å². The van der Waals surface area contributed by atoms with Crippen LogP contribution in [0.3, 0.4) is 0 Å².